The van der Waals surface area contributed by atoms with Crippen molar-refractivity contribution in [2.75, 3.05) is 20.2 Å². The third-order valence-electron chi connectivity index (χ3n) is 2.96. The predicted molar refractivity (Wildman–Crippen MR) is 73.6 cm³/mol. The fraction of sp³-hybridized carbons (Fsp3) is 0.643. The molecule has 0 bridgehead atoms. The van der Waals surface area contributed by atoms with Crippen LogP contribution in [0.25, 0.3) is 0 Å². The summed E-state index contributed by atoms with van der Waals surface area (Å²) in [6.07, 6.45) is 10.5. The van der Waals surface area contributed by atoms with Gasteiger partial charge in [-0.1, -0.05) is 23.8 Å². The Morgan fingerprint density at radius 3 is 2.94 bits per heavy atom. The van der Waals surface area contributed by atoms with Gasteiger partial charge in [0.1, 0.15) is 0 Å². The molecule has 0 fully saturated rings. The molecule has 0 aromatic rings. The number of amides is 2. The fourth-order valence-corrected chi connectivity index (χ4v) is 1.81. The van der Waals surface area contributed by atoms with Crippen LogP contribution >= 0.6 is 0 Å². The normalized spacial score (nSPS) is 28.2. The first-order valence-corrected chi connectivity index (χ1v) is 6.59. The van der Waals surface area contributed by atoms with Gasteiger partial charge in [-0.2, -0.15) is 0 Å². The van der Waals surface area contributed by atoms with Gasteiger partial charge in [-0.3, -0.25) is 0 Å². The van der Waals surface area contributed by atoms with Crippen molar-refractivity contribution in [3.63, 3.8) is 0 Å². The molecule has 2 N–H and O–H groups in total. The van der Waals surface area contributed by atoms with Crippen LogP contribution in [-0.4, -0.2) is 32.3 Å². The molecule has 0 saturated heterocycles. The molecule has 0 saturated carbocycles. The number of hydrogen-bond acceptors (Lipinski definition) is 2. The number of allylic oxidation sites excluding steroid dienone is 2. The number of nitrogens with one attached hydrogen (secondary N) is 2. The average molecular weight is 252 g/mol. The van der Waals surface area contributed by atoms with Gasteiger partial charge in [-0.05, 0) is 32.6 Å². The molecule has 0 aliphatic carbocycles. The number of carbonyl (C=O) groups excluding carboxylic acids is 1. The van der Waals surface area contributed by atoms with E-state index < -0.39 is 0 Å². The highest BCUT2D eigenvalue weighted by Crippen LogP contribution is 2.07. The molecule has 1 atom stereocenters. The summed E-state index contributed by atoms with van der Waals surface area (Å²) in [7, 11) is 1.75. The molecule has 0 radical (unpaired) electrons. The highest BCUT2D eigenvalue weighted by molar-refractivity contribution is 5.74. The summed E-state index contributed by atoms with van der Waals surface area (Å²) in [5.41, 5.74) is 1.18. The Labute approximate surface area is 109 Å². The summed E-state index contributed by atoms with van der Waals surface area (Å²) in [4.78, 5) is 11.4. The molecule has 1 aliphatic rings. The number of urea groups is 1. The fourth-order valence-electron chi connectivity index (χ4n) is 1.81. The topological polar surface area (TPSA) is 50.4 Å². The first-order chi connectivity index (χ1) is 8.72. The van der Waals surface area contributed by atoms with Crippen molar-refractivity contribution < 1.29 is 9.53 Å². The van der Waals surface area contributed by atoms with Gasteiger partial charge in [0.25, 0.3) is 0 Å². The third-order valence-corrected chi connectivity index (χ3v) is 2.96. The lowest BCUT2D eigenvalue weighted by Gasteiger charge is -2.11. The van der Waals surface area contributed by atoms with E-state index >= 15 is 0 Å². The van der Waals surface area contributed by atoms with Crippen molar-refractivity contribution >= 4 is 6.03 Å². The molecular weight excluding hydrogens is 228 g/mol. The van der Waals surface area contributed by atoms with Crippen molar-refractivity contribution in [3.05, 3.63) is 23.8 Å². The Bertz CT molecular complexity index is 311. The van der Waals surface area contributed by atoms with Crippen LogP contribution in [0.3, 0.4) is 0 Å². The van der Waals surface area contributed by atoms with E-state index in [9.17, 15) is 4.79 Å². The van der Waals surface area contributed by atoms with Crippen molar-refractivity contribution in [3.8, 4) is 0 Å². The zero-order valence-electron chi connectivity index (χ0n) is 11.4. The number of rotatable bonds is 1. The van der Waals surface area contributed by atoms with Gasteiger partial charge in [-0.15, -0.1) is 0 Å². The van der Waals surface area contributed by atoms with Gasteiger partial charge >= 0.3 is 6.03 Å². The van der Waals surface area contributed by atoms with Gasteiger partial charge < -0.3 is 15.4 Å². The molecule has 0 spiro atoms. The van der Waals surface area contributed by atoms with E-state index in [1.165, 1.54) is 5.57 Å². The highest BCUT2D eigenvalue weighted by atomic mass is 16.5. The van der Waals surface area contributed by atoms with E-state index in [-0.39, 0.29) is 12.1 Å². The molecule has 2 amide bonds. The monoisotopic (exact) mass is 252 g/mol. The van der Waals surface area contributed by atoms with Gasteiger partial charge in [0, 0.05) is 20.2 Å². The van der Waals surface area contributed by atoms with Crippen molar-refractivity contribution in [2.24, 2.45) is 0 Å². The Kier molecular flexibility index (Phi) is 7.18. The van der Waals surface area contributed by atoms with Crippen molar-refractivity contribution in [1.82, 2.24) is 10.6 Å². The SMILES string of the molecule is COC1/C=C/CCCNC(=O)NC/C(C)=C\CC1. The highest BCUT2D eigenvalue weighted by Gasteiger charge is 2.03. The summed E-state index contributed by atoms with van der Waals surface area (Å²) in [6, 6.07) is -0.0847. The number of hydrogen-bond donors (Lipinski definition) is 2. The second-order valence-electron chi connectivity index (χ2n) is 4.58. The molecule has 1 heterocycles. The Balaban J connectivity index is 2.53. The molecule has 1 aliphatic heterocycles. The van der Waals surface area contributed by atoms with Crippen LogP contribution in [0.1, 0.15) is 32.6 Å². The lowest BCUT2D eigenvalue weighted by molar-refractivity contribution is 0.134. The average Bonchev–Trinajstić information content (AvgIpc) is 2.37. The maximum atomic E-state index is 11.4. The van der Waals surface area contributed by atoms with Crippen LogP contribution in [0.5, 0.6) is 0 Å². The van der Waals surface area contributed by atoms with Gasteiger partial charge in [0.15, 0.2) is 0 Å². The first-order valence-electron chi connectivity index (χ1n) is 6.59. The van der Waals surface area contributed by atoms with E-state index in [1.807, 2.05) is 6.92 Å². The van der Waals surface area contributed by atoms with E-state index in [0.717, 1.165) is 25.7 Å². The lowest BCUT2D eigenvalue weighted by atomic mass is 10.1. The summed E-state index contributed by atoms with van der Waals surface area (Å²) in [5.74, 6) is 0. The maximum Gasteiger partial charge on any atom is 0.315 e. The largest absolute Gasteiger partial charge is 0.377 e. The van der Waals surface area contributed by atoms with Crippen LogP contribution in [0.15, 0.2) is 23.8 Å². The molecule has 0 aromatic carbocycles. The Morgan fingerprint density at radius 1 is 1.33 bits per heavy atom. The summed E-state index contributed by atoms with van der Waals surface area (Å²) < 4.78 is 5.40. The zero-order chi connectivity index (χ0) is 13.2. The van der Waals surface area contributed by atoms with E-state index in [2.05, 4.69) is 28.9 Å². The number of ether oxygens (including phenoxy) is 1. The quantitative estimate of drug-likeness (QED) is 0.704. The van der Waals surface area contributed by atoms with Gasteiger partial charge in [0.2, 0.25) is 0 Å². The predicted octanol–water partition coefficient (Wildman–Crippen LogP) is 2.38. The van der Waals surface area contributed by atoms with Crippen LogP contribution in [0.2, 0.25) is 0 Å². The molecule has 4 heteroatoms. The number of carbonyl (C=O) groups is 1. The standard InChI is InChI=1S/C14H24N2O2/c1-12-7-6-9-13(18-2)8-4-3-5-10-15-14(17)16-11-12/h4,7-8,13H,3,5-6,9-11H2,1-2H3,(H2,15,16,17)/b8-4+,12-7-. The smallest absolute Gasteiger partial charge is 0.315 e. The second kappa shape index (κ2) is 8.75. The third kappa shape index (κ3) is 6.45. The molecule has 1 rings (SSSR count). The maximum absolute atomic E-state index is 11.4. The van der Waals surface area contributed by atoms with Crippen LogP contribution in [0.4, 0.5) is 4.79 Å². The zero-order valence-corrected chi connectivity index (χ0v) is 11.4. The Hall–Kier alpha value is -1.29. The van der Waals surface area contributed by atoms with Crippen LogP contribution in [-0.2, 0) is 4.74 Å². The molecular formula is C14H24N2O2. The molecule has 18 heavy (non-hydrogen) atoms. The van der Waals surface area contributed by atoms with Crippen molar-refractivity contribution in [1.29, 1.82) is 0 Å². The lowest BCUT2D eigenvalue weighted by Crippen LogP contribution is -2.36. The summed E-state index contributed by atoms with van der Waals surface area (Å²) in [6.45, 7) is 3.35. The molecule has 1 unspecified atom stereocenters. The molecule has 4 nitrogen and oxygen atoms in total. The minimum atomic E-state index is -0.0847. The molecule has 102 valence electrons. The second-order valence-corrected chi connectivity index (χ2v) is 4.58. The minimum Gasteiger partial charge on any atom is -0.377 e. The van der Waals surface area contributed by atoms with E-state index in [0.29, 0.717) is 13.1 Å². The van der Waals surface area contributed by atoms with Crippen LogP contribution < -0.4 is 10.6 Å². The van der Waals surface area contributed by atoms with Gasteiger partial charge in [-0.25, -0.2) is 4.79 Å². The first kappa shape index (κ1) is 14.8. The van der Waals surface area contributed by atoms with Crippen molar-refractivity contribution in [2.45, 2.75) is 38.7 Å². The summed E-state index contributed by atoms with van der Waals surface area (Å²) >= 11 is 0. The minimum absolute atomic E-state index is 0.0847. The summed E-state index contributed by atoms with van der Waals surface area (Å²) in [5, 5.41) is 5.68. The van der Waals surface area contributed by atoms with Crippen LogP contribution in [0, 0.1) is 0 Å². The Morgan fingerprint density at radius 2 is 2.17 bits per heavy atom. The molecule has 0 aromatic heterocycles. The van der Waals surface area contributed by atoms with E-state index in [4.69, 9.17) is 4.74 Å². The number of methoxy groups -OCH3 is 1. The van der Waals surface area contributed by atoms with Gasteiger partial charge in [0.05, 0.1) is 6.10 Å². The van der Waals surface area contributed by atoms with E-state index in [1.54, 1.807) is 7.11 Å².